The van der Waals surface area contributed by atoms with E-state index in [9.17, 15) is 8.78 Å². The first-order valence-corrected chi connectivity index (χ1v) is 7.46. The van der Waals surface area contributed by atoms with Crippen LogP contribution in [0, 0.1) is 11.6 Å². The van der Waals surface area contributed by atoms with Crippen LogP contribution in [0.4, 0.5) is 8.78 Å². The summed E-state index contributed by atoms with van der Waals surface area (Å²) in [4.78, 5) is 0. The minimum atomic E-state index is -0.961. The number of hydrogen-bond donors (Lipinski definition) is 0. The van der Waals surface area contributed by atoms with Crippen molar-refractivity contribution in [2.75, 3.05) is 20.3 Å². The topological polar surface area (TPSA) is 18.5 Å². The maximum atomic E-state index is 13.0. The molecule has 0 fully saturated rings. The molecule has 0 saturated carbocycles. The van der Waals surface area contributed by atoms with E-state index in [1.54, 1.807) is 19.3 Å². The molecule has 0 radical (unpaired) electrons. The molecule has 1 aromatic carbocycles. The van der Waals surface area contributed by atoms with Gasteiger partial charge in [-0.25, -0.2) is 4.39 Å². The Labute approximate surface area is 128 Å². The normalized spacial score (nSPS) is 8.62. The number of methoxy groups -OCH3 is 1. The summed E-state index contributed by atoms with van der Waals surface area (Å²) in [7, 11) is 1.57. The molecule has 0 aliphatic carbocycles. The molecule has 0 amide bonds. The van der Waals surface area contributed by atoms with Gasteiger partial charge in [0.25, 0.3) is 0 Å². The molecule has 0 saturated heterocycles. The standard InChI is InChI=1S/C11H12F2O2.3C2H6/c1-14-7-2-3-8-15-10-6-4-5-9(12)11(10)13;3*1-2/h2-6H,7-8H2,1H3;3*1-2H3/b3-2+;;;. The Kier molecular flexibility index (Phi) is 24.5. The van der Waals surface area contributed by atoms with Crippen molar-refractivity contribution in [3.8, 4) is 5.75 Å². The van der Waals surface area contributed by atoms with E-state index in [0.29, 0.717) is 6.61 Å². The molecular formula is C17H30F2O2. The summed E-state index contributed by atoms with van der Waals surface area (Å²) in [5, 5.41) is 0. The number of ether oxygens (including phenoxy) is 2. The highest BCUT2D eigenvalue weighted by molar-refractivity contribution is 5.25. The largest absolute Gasteiger partial charge is 0.486 e. The molecular weight excluding hydrogens is 274 g/mol. The fourth-order valence-electron chi connectivity index (χ4n) is 0.966. The molecule has 0 bridgehead atoms. The van der Waals surface area contributed by atoms with Crippen molar-refractivity contribution in [1.82, 2.24) is 0 Å². The zero-order valence-electron chi connectivity index (χ0n) is 14.4. The predicted octanol–water partition coefficient (Wildman–Crippen LogP) is 5.62. The molecule has 2 nitrogen and oxygen atoms in total. The fourth-order valence-corrected chi connectivity index (χ4v) is 0.966. The van der Waals surface area contributed by atoms with E-state index in [4.69, 9.17) is 9.47 Å². The van der Waals surface area contributed by atoms with Crippen molar-refractivity contribution in [2.24, 2.45) is 0 Å². The van der Waals surface area contributed by atoms with Gasteiger partial charge in [0.1, 0.15) is 6.61 Å². The van der Waals surface area contributed by atoms with Gasteiger partial charge in [-0.05, 0) is 18.2 Å². The molecule has 21 heavy (non-hydrogen) atoms. The third-order valence-electron chi connectivity index (χ3n) is 1.68. The molecule has 0 aliphatic heterocycles. The third-order valence-corrected chi connectivity index (χ3v) is 1.68. The van der Waals surface area contributed by atoms with Crippen LogP contribution in [-0.4, -0.2) is 20.3 Å². The highest BCUT2D eigenvalue weighted by Crippen LogP contribution is 2.18. The molecule has 0 spiro atoms. The lowest BCUT2D eigenvalue weighted by Crippen LogP contribution is -1.98. The zero-order chi connectivity index (χ0) is 17.1. The average molecular weight is 304 g/mol. The first kappa shape index (κ1) is 24.6. The third kappa shape index (κ3) is 13.3. The quantitative estimate of drug-likeness (QED) is 0.657. The van der Waals surface area contributed by atoms with E-state index in [0.717, 1.165) is 6.07 Å². The van der Waals surface area contributed by atoms with Crippen LogP contribution >= 0.6 is 0 Å². The van der Waals surface area contributed by atoms with Gasteiger partial charge in [0, 0.05) is 7.11 Å². The van der Waals surface area contributed by atoms with Crippen LogP contribution in [-0.2, 0) is 4.74 Å². The highest BCUT2D eigenvalue weighted by Gasteiger charge is 2.07. The maximum absolute atomic E-state index is 13.0. The Morgan fingerprint density at radius 1 is 0.905 bits per heavy atom. The maximum Gasteiger partial charge on any atom is 0.200 e. The van der Waals surface area contributed by atoms with Crippen molar-refractivity contribution >= 4 is 0 Å². The van der Waals surface area contributed by atoms with Crippen LogP contribution in [0.25, 0.3) is 0 Å². The van der Waals surface area contributed by atoms with Crippen LogP contribution in [0.3, 0.4) is 0 Å². The molecule has 0 N–H and O–H groups in total. The minimum Gasteiger partial charge on any atom is -0.486 e. The van der Waals surface area contributed by atoms with Gasteiger partial charge >= 0.3 is 0 Å². The monoisotopic (exact) mass is 304 g/mol. The lowest BCUT2D eigenvalue weighted by molar-refractivity contribution is 0.233. The molecule has 4 heteroatoms. The van der Waals surface area contributed by atoms with Crippen molar-refractivity contribution < 1.29 is 18.3 Å². The van der Waals surface area contributed by atoms with Crippen LogP contribution in [0.1, 0.15) is 41.5 Å². The number of hydrogen-bond acceptors (Lipinski definition) is 2. The summed E-state index contributed by atoms with van der Waals surface area (Å²) in [5.74, 6) is -1.96. The number of benzene rings is 1. The SMILES string of the molecule is CC.CC.CC.COC/C=C/COc1cccc(F)c1F. The van der Waals surface area contributed by atoms with Crippen LogP contribution in [0.15, 0.2) is 30.4 Å². The van der Waals surface area contributed by atoms with E-state index in [2.05, 4.69) is 0 Å². The van der Waals surface area contributed by atoms with Gasteiger partial charge in [-0.1, -0.05) is 53.7 Å². The Balaban J connectivity index is -0.000000478. The molecule has 0 aromatic heterocycles. The molecule has 0 heterocycles. The van der Waals surface area contributed by atoms with Crippen molar-refractivity contribution in [3.63, 3.8) is 0 Å². The lowest BCUT2D eigenvalue weighted by atomic mass is 10.3. The van der Waals surface area contributed by atoms with Gasteiger partial charge in [0.05, 0.1) is 6.61 Å². The number of rotatable bonds is 5. The second-order valence-corrected chi connectivity index (χ2v) is 2.79. The molecule has 1 aromatic rings. The van der Waals surface area contributed by atoms with Crippen LogP contribution < -0.4 is 4.74 Å². The molecule has 124 valence electrons. The summed E-state index contributed by atoms with van der Waals surface area (Å²) in [6, 6.07) is 3.82. The van der Waals surface area contributed by atoms with Gasteiger partial charge in [0.2, 0.25) is 5.82 Å². The first-order valence-electron chi connectivity index (χ1n) is 7.46. The lowest BCUT2D eigenvalue weighted by Gasteiger charge is -2.04. The average Bonchev–Trinajstić information content (AvgIpc) is 2.57. The Morgan fingerprint density at radius 3 is 1.95 bits per heavy atom. The predicted molar refractivity (Wildman–Crippen MR) is 86.9 cm³/mol. The van der Waals surface area contributed by atoms with Crippen molar-refractivity contribution in [3.05, 3.63) is 42.0 Å². The van der Waals surface area contributed by atoms with E-state index in [-0.39, 0.29) is 12.4 Å². The van der Waals surface area contributed by atoms with Gasteiger partial charge in [0.15, 0.2) is 11.6 Å². The first-order chi connectivity index (χ1) is 10.3. The van der Waals surface area contributed by atoms with Crippen molar-refractivity contribution in [1.29, 1.82) is 0 Å². The van der Waals surface area contributed by atoms with Crippen molar-refractivity contribution in [2.45, 2.75) is 41.5 Å². The summed E-state index contributed by atoms with van der Waals surface area (Å²) in [5.41, 5.74) is 0. The van der Waals surface area contributed by atoms with Gasteiger partial charge in [-0.2, -0.15) is 4.39 Å². The zero-order valence-corrected chi connectivity index (χ0v) is 14.4. The Morgan fingerprint density at radius 2 is 1.43 bits per heavy atom. The van der Waals surface area contributed by atoms with Crippen LogP contribution in [0.5, 0.6) is 5.75 Å². The van der Waals surface area contributed by atoms with E-state index in [1.807, 2.05) is 41.5 Å². The highest BCUT2D eigenvalue weighted by atomic mass is 19.2. The smallest absolute Gasteiger partial charge is 0.200 e. The molecule has 0 aliphatic rings. The number of halogens is 2. The molecule has 1 rings (SSSR count). The summed E-state index contributed by atoms with van der Waals surface area (Å²) in [6.45, 7) is 12.7. The van der Waals surface area contributed by atoms with Gasteiger partial charge < -0.3 is 9.47 Å². The van der Waals surface area contributed by atoms with E-state index >= 15 is 0 Å². The summed E-state index contributed by atoms with van der Waals surface area (Å²) >= 11 is 0. The Bertz CT molecular complexity index is 340. The van der Waals surface area contributed by atoms with Gasteiger partial charge in [-0.3, -0.25) is 0 Å². The fraction of sp³-hybridized carbons (Fsp3) is 0.529. The summed E-state index contributed by atoms with van der Waals surface area (Å²) in [6.07, 6.45) is 3.41. The van der Waals surface area contributed by atoms with Crippen LogP contribution in [0.2, 0.25) is 0 Å². The second kappa shape index (κ2) is 20.9. The molecule has 0 atom stereocenters. The summed E-state index contributed by atoms with van der Waals surface area (Å²) < 4.78 is 35.5. The minimum absolute atomic E-state index is 0.0860. The van der Waals surface area contributed by atoms with Gasteiger partial charge in [-0.15, -0.1) is 0 Å². The van der Waals surface area contributed by atoms with E-state index < -0.39 is 11.6 Å². The molecule has 0 unspecified atom stereocenters. The Hall–Kier alpha value is -1.42. The van der Waals surface area contributed by atoms with E-state index in [1.165, 1.54) is 12.1 Å². The second-order valence-electron chi connectivity index (χ2n) is 2.79.